The van der Waals surface area contributed by atoms with Gasteiger partial charge < -0.3 is 5.73 Å². The molecule has 0 rings (SSSR count). The summed E-state index contributed by atoms with van der Waals surface area (Å²) in [6.45, 7) is 0.439. The summed E-state index contributed by atoms with van der Waals surface area (Å²) in [6, 6.07) is 0. The molecule has 7 nitrogen and oxygen atoms in total. The molecule has 0 aromatic carbocycles. The Kier molecular flexibility index (Phi) is 14.7. The van der Waals surface area contributed by atoms with Gasteiger partial charge in [0.1, 0.15) is 0 Å². The maximum absolute atomic E-state index is 10.5. The van der Waals surface area contributed by atoms with Crippen LogP contribution in [0.1, 0.15) is 64.2 Å². The van der Waals surface area contributed by atoms with Gasteiger partial charge >= 0.3 is 0 Å². The monoisotopic (exact) mass is 278 g/mol. The minimum absolute atomic E-state index is 0.202. The summed E-state index contributed by atoms with van der Waals surface area (Å²) in [5.41, 5.74) is 6.40. The maximum Gasteiger partial charge on any atom is 0.217 e. The van der Waals surface area contributed by atoms with E-state index in [2.05, 4.69) is 14.9 Å². The minimum atomic E-state index is -0.202. The van der Waals surface area contributed by atoms with Gasteiger partial charge in [-0.05, 0) is 23.5 Å². The van der Waals surface area contributed by atoms with Gasteiger partial charge in [-0.3, -0.25) is 10.0 Å². The van der Waals surface area contributed by atoms with Crippen LogP contribution in [0.3, 0.4) is 0 Å². The van der Waals surface area contributed by atoms with E-state index in [0.717, 1.165) is 25.7 Å². The highest BCUT2D eigenvalue weighted by Crippen LogP contribution is 2.10. The van der Waals surface area contributed by atoms with E-state index in [9.17, 15) is 4.79 Å². The van der Waals surface area contributed by atoms with Gasteiger partial charge in [0.2, 0.25) is 5.91 Å². The molecule has 0 saturated heterocycles. The quantitative estimate of drug-likeness (QED) is 0.241. The van der Waals surface area contributed by atoms with Gasteiger partial charge in [-0.1, -0.05) is 49.9 Å². The Morgan fingerprint density at radius 3 is 2.00 bits per heavy atom. The van der Waals surface area contributed by atoms with Crippen LogP contribution >= 0.6 is 0 Å². The van der Waals surface area contributed by atoms with Crippen molar-refractivity contribution in [2.75, 3.05) is 6.61 Å². The Morgan fingerprint density at radius 1 is 0.947 bits per heavy atom. The third-order valence-electron chi connectivity index (χ3n) is 2.77. The molecule has 7 heteroatoms. The smallest absolute Gasteiger partial charge is 0.217 e. The molecule has 4 N–H and O–H groups in total. The fourth-order valence-electron chi connectivity index (χ4n) is 1.77. The molecule has 0 bridgehead atoms. The summed E-state index contributed by atoms with van der Waals surface area (Å²) in [6.07, 6.45) is 10.5. The second-order valence-electron chi connectivity index (χ2n) is 4.46. The third kappa shape index (κ3) is 17.3. The van der Waals surface area contributed by atoms with Gasteiger partial charge in [0, 0.05) is 6.42 Å². The number of nitrogens with two attached hydrogens (primary N) is 1. The number of hydrogen-bond acceptors (Lipinski definition) is 6. The highest BCUT2D eigenvalue weighted by Gasteiger charge is 1.96. The third-order valence-corrected chi connectivity index (χ3v) is 2.77. The Balaban J connectivity index is 2.93. The summed E-state index contributed by atoms with van der Waals surface area (Å²) in [5, 5.41) is 12.1. The molecular weight excluding hydrogens is 252 g/mol. The molecule has 0 unspecified atom stereocenters. The van der Waals surface area contributed by atoms with Crippen LogP contribution in [0.2, 0.25) is 0 Å². The van der Waals surface area contributed by atoms with Crippen molar-refractivity contribution in [1.29, 1.82) is 0 Å². The van der Waals surface area contributed by atoms with Crippen LogP contribution in [0.25, 0.3) is 0 Å². The lowest BCUT2D eigenvalue weighted by Gasteiger charge is -2.02. The molecule has 0 aromatic heterocycles. The van der Waals surface area contributed by atoms with Crippen LogP contribution < -0.4 is 11.4 Å². The molecule has 19 heavy (non-hydrogen) atoms. The lowest BCUT2D eigenvalue weighted by Crippen LogP contribution is -2.09. The van der Waals surface area contributed by atoms with Crippen molar-refractivity contribution in [2.45, 2.75) is 64.2 Å². The van der Waals surface area contributed by atoms with Crippen LogP contribution in [-0.2, 0) is 19.7 Å². The minimum Gasteiger partial charge on any atom is -0.370 e. The molecule has 0 heterocycles. The van der Waals surface area contributed by atoms with Gasteiger partial charge in [-0.25, -0.2) is 4.89 Å². The van der Waals surface area contributed by atoms with Crippen molar-refractivity contribution >= 4 is 5.91 Å². The zero-order valence-corrected chi connectivity index (χ0v) is 11.4. The van der Waals surface area contributed by atoms with Crippen LogP contribution in [0.15, 0.2) is 0 Å². The van der Waals surface area contributed by atoms with Crippen LogP contribution in [0.5, 0.6) is 0 Å². The number of nitrogens with one attached hydrogen (secondary N) is 1. The largest absolute Gasteiger partial charge is 0.370 e. The van der Waals surface area contributed by atoms with E-state index in [1.807, 2.05) is 0 Å². The molecule has 0 aliphatic rings. The number of hydrogen-bond donors (Lipinski definition) is 3. The van der Waals surface area contributed by atoms with Crippen LogP contribution in [-0.4, -0.2) is 17.7 Å². The number of unbranched alkanes of at least 4 members (excludes halogenated alkanes) is 8. The highest BCUT2D eigenvalue weighted by molar-refractivity contribution is 5.73. The standard InChI is InChI=1S/C12H26N2O5/c13-12(15)10-8-6-4-2-1-3-5-7-9-11-17-19-18-14-16/h14,16H,1-11H2,(H2,13,15). The number of amides is 1. The van der Waals surface area contributed by atoms with Crippen molar-refractivity contribution in [1.82, 2.24) is 5.64 Å². The van der Waals surface area contributed by atoms with E-state index in [1.54, 1.807) is 0 Å². The molecule has 0 atom stereocenters. The van der Waals surface area contributed by atoms with Crippen molar-refractivity contribution in [3.05, 3.63) is 0 Å². The van der Waals surface area contributed by atoms with Gasteiger partial charge in [0.05, 0.1) is 6.61 Å². The fourth-order valence-corrected chi connectivity index (χ4v) is 1.77. The Labute approximate surface area is 114 Å². The van der Waals surface area contributed by atoms with Gasteiger partial charge in [-0.15, -0.1) is 0 Å². The zero-order chi connectivity index (χ0) is 14.2. The average Bonchev–Trinajstić information content (AvgIpc) is 2.39. The first-order valence-electron chi connectivity index (χ1n) is 6.90. The summed E-state index contributed by atoms with van der Waals surface area (Å²) < 4.78 is 0. The number of carbonyl (C=O) groups excluding carboxylic acids is 1. The Hall–Kier alpha value is -0.730. The average molecular weight is 278 g/mol. The number of carbonyl (C=O) groups is 1. The van der Waals surface area contributed by atoms with Crippen LogP contribution in [0.4, 0.5) is 0 Å². The summed E-state index contributed by atoms with van der Waals surface area (Å²) in [7, 11) is 0. The highest BCUT2D eigenvalue weighted by atomic mass is 17.6. The molecule has 0 aromatic rings. The molecule has 0 radical (unpaired) electrons. The Bertz CT molecular complexity index is 205. The molecule has 0 spiro atoms. The first kappa shape index (κ1) is 18.3. The molecule has 0 fully saturated rings. The second kappa shape index (κ2) is 15.3. The van der Waals surface area contributed by atoms with Gasteiger partial charge in [-0.2, -0.15) is 0 Å². The second-order valence-corrected chi connectivity index (χ2v) is 4.46. The SMILES string of the molecule is NC(=O)CCCCCCCCCCCOOONO. The first-order valence-corrected chi connectivity index (χ1v) is 6.90. The lowest BCUT2D eigenvalue weighted by atomic mass is 10.1. The van der Waals surface area contributed by atoms with Crippen molar-refractivity contribution in [3.8, 4) is 0 Å². The maximum atomic E-state index is 10.5. The van der Waals surface area contributed by atoms with E-state index in [1.165, 1.54) is 37.7 Å². The van der Waals surface area contributed by atoms with E-state index < -0.39 is 0 Å². The van der Waals surface area contributed by atoms with Gasteiger partial charge in [0.25, 0.3) is 0 Å². The summed E-state index contributed by atoms with van der Waals surface area (Å²) >= 11 is 0. The summed E-state index contributed by atoms with van der Waals surface area (Å²) in [5.74, 6) is -0.202. The first-order chi connectivity index (χ1) is 9.27. The molecule has 0 aliphatic heterocycles. The van der Waals surface area contributed by atoms with Crippen LogP contribution in [0, 0.1) is 0 Å². The van der Waals surface area contributed by atoms with Crippen molar-refractivity contribution in [2.24, 2.45) is 5.73 Å². The van der Waals surface area contributed by atoms with Crippen molar-refractivity contribution < 1.29 is 24.9 Å². The molecule has 0 aliphatic carbocycles. The van der Waals surface area contributed by atoms with Crippen molar-refractivity contribution in [3.63, 3.8) is 0 Å². The number of rotatable bonds is 15. The van der Waals surface area contributed by atoms with Gasteiger partial charge in [0.15, 0.2) is 0 Å². The predicted octanol–water partition coefficient (Wildman–Crippen LogP) is 2.15. The van der Waals surface area contributed by atoms with E-state index >= 15 is 0 Å². The molecule has 114 valence electrons. The fraction of sp³-hybridized carbons (Fsp3) is 0.917. The van der Waals surface area contributed by atoms with E-state index in [-0.39, 0.29) is 5.91 Å². The molecule has 0 saturated carbocycles. The predicted molar refractivity (Wildman–Crippen MR) is 68.4 cm³/mol. The normalized spacial score (nSPS) is 10.8. The van der Waals surface area contributed by atoms with E-state index in [0.29, 0.717) is 13.0 Å². The van der Waals surface area contributed by atoms with E-state index in [4.69, 9.17) is 10.9 Å². The zero-order valence-electron chi connectivity index (χ0n) is 11.4. The lowest BCUT2D eigenvalue weighted by molar-refractivity contribution is -0.557. The molecule has 1 amide bonds. The topological polar surface area (TPSA) is 103 Å². The number of primary amides is 1. The molecular formula is C12H26N2O5. The Morgan fingerprint density at radius 2 is 1.47 bits per heavy atom. The summed E-state index contributed by atoms with van der Waals surface area (Å²) in [4.78, 5) is 19.0.